The molecule has 0 aromatic rings. The van der Waals surface area contributed by atoms with E-state index in [9.17, 15) is 4.79 Å². The highest BCUT2D eigenvalue weighted by Gasteiger charge is 2.03. The minimum atomic E-state index is -0.0825. The largest absolute Gasteiger partial charge is 0.463 e. The van der Waals surface area contributed by atoms with Gasteiger partial charge in [-0.25, -0.2) is 0 Å². The Labute approximate surface area is 85.6 Å². The highest BCUT2D eigenvalue weighted by atomic mass is 35.5. The predicted octanol–water partition coefficient (Wildman–Crippen LogP) is 3.13. The van der Waals surface area contributed by atoms with Gasteiger partial charge in [0.15, 0.2) is 0 Å². The number of halogens is 1. The third kappa shape index (κ3) is 9.68. The topological polar surface area (TPSA) is 26.3 Å². The van der Waals surface area contributed by atoms with E-state index in [2.05, 4.69) is 0 Å². The van der Waals surface area contributed by atoms with Crippen molar-refractivity contribution in [2.75, 3.05) is 5.88 Å². The molecule has 0 aliphatic rings. The fourth-order valence-corrected chi connectivity index (χ4v) is 1.23. The second-order valence-electron chi connectivity index (χ2n) is 3.39. The molecule has 0 atom stereocenters. The lowest BCUT2D eigenvalue weighted by Gasteiger charge is -2.07. The number of esters is 1. The van der Waals surface area contributed by atoms with Crippen LogP contribution in [0.2, 0.25) is 0 Å². The molecule has 0 heterocycles. The average Bonchev–Trinajstić information content (AvgIpc) is 2.02. The molecule has 0 bridgehead atoms. The minimum Gasteiger partial charge on any atom is -0.463 e. The molecule has 3 heteroatoms. The molecule has 0 unspecified atom stereocenters. The third-order valence-corrected chi connectivity index (χ3v) is 1.90. The fraction of sp³-hybridized carbons (Fsp3) is 0.900. The third-order valence-electron chi connectivity index (χ3n) is 1.63. The molecule has 0 aromatic heterocycles. The molecular weight excluding hydrogens is 188 g/mol. The number of ether oxygens (including phenoxy) is 1. The molecule has 0 aliphatic carbocycles. The van der Waals surface area contributed by atoms with Crippen LogP contribution in [0.4, 0.5) is 0 Å². The maximum Gasteiger partial charge on any atom is 0.306 e. The van der Waals surface area contributed by atoms with Crippen LogP contribution >= 0.6 is 11.6 Å². The Hall–Kier alpha value is -0.240. The Balaban J connectivity index is 3.17. The normalized spacial score (nSPS) is 10.5. The van der Waals surface area contributed by atoms with Crippen molar-refractivity contribution in [3.63, 3.8) is 0 Å². The molecule has 0 fully saturated rings. The van der Waals surface area contributed by atoms with Crippen molar-refractivity contribution in [2.45, 2.75) is 52.1 Å². The molecule has 0 saturated heterocycles. The molecule has 2 nitrogen and oxygen atoms in total. The summed E-state index contributed by atoms with van der Waals surface area (Å²) >= 11 is 5.52. The summed E-state index contributed by atoms with van der Waals surface area (Å²) in [5.41, 5.74) is 0. The highest BCUT2D eigenvalue weighted by molar-refractivity contribution is 6.17. The average molecular weight is 207 g/mol. The highest BCUT2D eigenvalue weighted by Crippen LogP contribution is 2.05. The standard InChI is InChI=1S/C10H19ClO2/c1-9(2)13-10(12)7-5-3-4-6-8-11/h9H,3-8H2,1-2H3. The summed E-state index contributed by atoms with van der Waals surface area (Å²) in [6.07, 6.45) is 4.69. The quantitative estimate of drug-likeness (QED) is 0.364. The van der Waals surface area contributed by atoms with Gasteiger partial charge >= 0.3 is 5.97 Å². The van der Waals surface area contributed by atoms with Crippen molar-refractivity contribution in [3.05, 3.63) is 0 Å². The zero-order chi connectivity index (χ0) is 10.1. The smallest absolute Gasteiger partial charge is 0.306 e. The van der Waals surface area contributed by atoms with Gasteiger partial charge in [0.1, 0.15) is 0 Å². The summed E-state index contributed by atoms with van der Waals surface area (Å²) in [5.74, 6) is 0.636. The van der Waals surface area contributed by atoms with Crippen molar-refractivity contribution in [1.82, 2.24) is 0 Å². The molecule has 0 saturated carbocycles. The summed E-state index contributed by atoms with van der Waals surface area (Å²) in [6.45, 7) is 3.73. The summed E-state index contributed by atoms with van der Waals surface area (Å²) in [4.78, 5) is 11.0. The van der Waals surface area contributed by atoms with E-state index in [4.69, 9.17) is 16.3 Å². The second kappa shape index (κ2) is 8.36. The van der Waals surface area contributed by atoms with E-state index >= 15 is 0 Å². The lowest BCUT2D eigenvalue weighted by molar-refractivity contribution is -0.147. The Kier molecular flexibility index (Phi) is 8.21. The number of carbonyl (C=O) groups is 1. The predicted molar refractivity (Wildman–Crippen MR) is 55.0 cm³/mol. The van der Waals surface area contributed by atoms with Crippen LogP contribution < -0.4 is 0 Å². The van der Waals surface area contributed by atoms with Gasteiger partial charge in [0, 0.05) is 12.3 Å². The maximum atomic E-state index is 11.0. The monoisotopic (exact) mass is 206 g/mol. The summed E-state index contributed by atoms with van der Waals surface area (Å²) < 4.78 is 4.99. The number of hydrogen-bond donors (Lipinski definition) is 0. The van der Waals surface area contributed by atoms with E-state index in [1.165, 1.54) is 0 Å². The van der Waals surface area contributed by atoms with Gasteiger partial charge in [0.2, 0.25) is 0 Å². The number of carbonyl (C=O) groups excluding carboxylic acids is 1. The van der Waals surface area contributed by atoms with E-state index in [0.717, 1.165) is 31.6 Å². The summed E-state index contributed by atoms with van der Waals surface area (Å²) in [6, 6.07) is 0. The van der Waals surface area contributed by atoms with Gasteiger partial charge in [0.05, 0.1) is 6.10 Å². The molecule has 0 N–H and O–H groups in total. The second-order valence-corrected chi connectivity index (χ2v) is 3.77. The van der Waals surface area contributed by atoms with Gasteiger partial charge in [0.25, 0.3) is 0 Å². The number of hydrogen-bond acceptors (Lipinski definition) is 2. The lowest BCUT2D eigenvalue weighted by atomic mass is 10.1. The number of unbranched alkanes of at least 4 members (excludes halogenated alkanes) is 3. The molecule has 0 aromatic carbocycles. The first-order chi connectivity index (χ1) is 6.16. The SMILES string of the molecule is CC(C)OC(=O)CCCCCCCl. The summed E-state index contributed by atoms with van der Waals surface area (Å²) in [7, 11) is 0. The van der Waals surface area contributed by atoms with Crippen LogP contribution in [0.5, 0.6) is 0 Å². The van der Waals surface area contributed by atoms with E-state index < -0.39 is 0 Å². The van der Waals surface area contributed by atoms with Crippen molar-refractivity contribution in [3.8, 4) is 0 Å². The van der Waals surface area contributed by atoms with Crippen molar-refractivity contribution >= 4 is 17.6 Å². The first-order valence-electron chi connectivity index (χ1n) is 4.92. The minimum absolute atomic E-state index is 0.00958. The molecule has 0 radical (unpaired) electrons. The van der Waals surface area contributed by atoms with Gasteiger partial charge in [-0.05, 0) is 26.7 Å². The van der Waals surface area contributed by atoms with Crippen LogP contribution in [0.15, 0.2) is 0 Å². The Morgan fingerprint density at radius 3 is 2.38 bits per heavy atom. The Bertz CT molecular complexity index is 135. The zero-order valence-electron chi connectivity index (χ0n) is 8.51. The van der Waals surface area contributed by atoms with Gasteiger partial charge < -0.3 is 4.74 Å². The molecular formula is C10H19ClO2. The van der Waals surface area contributed by atoms with Crippen molar-refractivity contribution in [2.24, 2.45) is 0 Å². The van der Waals surface area contributed by atoms with E-state index in [-0.39, 0.29) is 12.1 Å². The maximum absolute atomic E-state index is 11.0. The molecule has 13 heavy (non-hydrogen) atoms. The molecule has 0 rings (SSSR count). The molecule has 78 valence electrons. The van der Waals surface area contributed by atoms with Gasteiger partial charge in [-0.3, -0.25) is 4.79 Å². The van der Waals surface area contributed by atoms with E-state index in [0.29, 0.717) is 6.42 Å². The van der Waals surface area contributed by atoms with Crippen LogP contribution in [-0.2, 0) is 9.53 Å². The number of rotatable bonds is 7. The van der Waals surface area contributed by atoms with Gasteiger partial charge in [-0.15, -0.1) is 11.6 Å². The molecule has 0 spiro atoms. The van der Waals surface area contributed by atoms with E-state index in [1.807, 2.05) is 13.8 Å². The van der Waals surface area contributed by atoms with Crippen molar-refractivity contribution < 1.29 is 9.53 Å². The first-order valence-corrected chi connectivity index (χ1v) is 5.45. The van der Waals surface area contributed by atoms with Crippen LogP contribution in [0.1, 0.15) is 46.0 Å². The van der Waals surface area contributed by atoms with Crippen LogP contribution in [0, 0.1) is 0 Å². The Morgan fingerprint density at radius 1 is 1.23 bits per heavy atom. The summed E-state index contributed by atoms with van der Waals surface area (Å²) in [5, 5.41) is 0. The van der Waals surface area contributed by atoms with E-state index in [1.54, 1.807) is 0 Å². The lowest BCUT2D eigenvalue weighted by Crippen LogP contribution is -2.10. The first kappa shape index (κ1) is 12.8. The van der Waals surface area contributed by atoms with Crippen molar-refractivity contribution in [1.29, 1.82) is 0 Å². The molecule has 0 amide bonds. The van der Waals surface area contributed by atoms with Crippen LogP contribution in [0.3, 0.4) is 0 Å². The van der Waals surface area contributed by atoms with Gasteiger partial charge in [-0.1, -0.05) is 12.8 Å². The van der Waals surface area contributed by atoms with Crippen LogP contribution in [0.25, 0.3) is 0 Å². The van der Waals surface area contributed by atoms with Crippen LogP contribution in [-0.4, -0.2) is 18.0 Å². The fourth-order valence-electron chi connectivity index (χ4n) is 1.04. The van der Waals surface area contributed by atoms with Gasteiger partial charge in [-0.2, -0.15) is 0 Å². The molecule has 0 aliphatic heterocycles. The number of alkyl halides is 1. The zero-order valence-corrected chi connectivity index (χ0v) is 9.27. The Morgan fingerprint density at radius 2 is 1.85 bits per heavy atom.